The molecule has 30 heavy (non-hydrogen) atoms. The lowest BCUT2D eigenvalue weighted by Crippen LogP contribution is -2.19. The van der Waals surface area contributed by atoms with Crippen molar-refractivity contribution in [3.8, 4) is 11.5 Å². The van der Waals surface area contributed by atoms with Crippen molar-refractivity contribution in [1.29, 1.82) is 0 Å². The van der Waals surface area contributed by atoms with E-state index >= 15 is 0 Å². The van der Waals surface area contributed by atoms with Crippen LogP contribution in [0, 0.1) is 0 Å². The Morgan fingerprint density at radius 1 is 1.03 bits per heavy atom. The van der Waals surface area contributed by atoms with Crippen molar-refractivity contribution >= 4 is 17.0 Å². The fourth-order valence-electron chi connectivity index (χ4n) is 3.22. The number of imidazole rings is 1. The Hall–Kier alpha value is -4.02. The zero-order chi connectivity index (χ0) is 21.3. The number of nitrogens with two attached hydrogens (primary N) is 1. The second-order valence-corrected chi connectivity index (χ2v) is 6.78. The molecule has 4 aromatic rings. The highest BCUT2D eigenvalue weighted by Crippen LogP contribution is 2.29. The lowest BCUT2D eigenvalue weighted by atomic mass is 10.2. The molecule has 2 aromatic carbocycles. The first-order valence-corrected chi connectivity index (χ1v) is 9.19. The maximum absolute atomic E-state index is 12.1. The van der Waals surface area contributed by atoms with Crippen LogP contribution < -0.4 is 26.3 Å². The molecule has 0 aliphatic carbocycles. The minimum atomic E-state index is -0.0580. The maximum Gasteiger partial charge on any atom is 0.328 e. The summed E-state index contributed by atoms with van der Waals surface area (Å²) in [5.74, 6) is 1.40. The highest BCUT2D eigenvalue weighted by molar-refractivity contribution is 5.76. The average Bonchev–Trinajstić information content (AvgIpc) is 3.27. The first kappa shape index (κ1) is 19.3. The number of hydrogen-bond acceptors (Lipinski definition) is 8. The van der Waals surface area contributed by atoms with E-state index in [2.05, 4.69) is 21.0 Å². The Kier molecular flexibility index (Phi) is 5.00. The number of aryl methyl sites for hydroxylation is 2. The smallest absolute Gasteiger partial charge is 0.328 e. The van der Waals surface area contributed by atoms with E-state index in [4.69, 9.17) is 15.2 Å². The molecule has 156 valence electrons. The Morgan fingerprint density at radius 3 is 2.53 bits per heavy atom. The number of nitrogen functional groups attached to an aromatic ring is 1. The molecule has 0 aliphatic rings. The monoisotopic (exact) mass is 410 g/mol. The first-order chi connectivity index (χ1) is 14.5. The molecule has 0 saturated heterocycles. The summed E-state index contributed by atoms with van der Waals surface area (Å²) in [5.41, 5.74) is 12.2. The van der Waals surface area contributed by atoms with Crippen molar-refractivity contribution in [3.05, 3.63) is 58.0 Å². The molecule has 0 unspecified atom stereocenters. The van der Waals surface area contributed by atoms with Crippen LogP contribution in [0.2, 0.25) is 0 Å². The second kappa shape index (κ2) is 7.78. The van der Waals surface area contributed by atoms with E-state index in [1.54, 1.807) is 30.3 Å². The van der Waals surface area contributed by atoms with Gasteiger partial charge in [-0.2, -0.15) is 0 Å². The van der Waals surface area contributed by atoms with Gasteiger partial charge in [-0.3, -0.25) is 9.13 Å². The number of nitrogens with one attached hydrogen (secondary N) is 1. The van der Waals surface area contributed by atoms with E-state index in [1.807, 2.05) is 36.4 Å². The maximum atomic E-state index is 12.1. The molecular weight excluding hydrogens is 388 g/mol. The molecule has 0 atom stereocenters. The molecule has 0 spiro atoms. The topological polar surface area (TPSA) is 127 Å². The molecule has 0 amide bonds. The summed E-state index contributed by atoms with van der Waals surface area (Å²) in [6.07, 6.45) is 0. The van der Waals surface area contributed by atoms with Crippen molar-refractivity contribution < 1.29 is 9.47 Å². The molecule has 0 aliphatic heterocycles. The number of ether oxygens (including phenoxy) is 2. The number of methoxy groups -OCH3 is 1. The average molecular weight is 410 g/mol. The largest absolute Gasteiger partial charge is 0.493 e. The highest BCUT2D eigenvalue weighted by atomic mass is 16.5. The molecule has 0 bridgehead atoms. The predicted octanol–water partition coefficient (Wildman–Crippen LogP) is 0.777. The number of rotatable bonds is 7. The van der Waals surface area contributed by atoms with Gasteiger partial charge in [0, 0.05) is 14.1 Å². The van der Waals surface area contributed by atoms with Gasteiger partial charge >= 0.3 is 5.69 Å². The molecule has 2 aromatic heterocycles. The van der Waals surface area contributed by atoms with Crippen LogP contribution in [0.1, 0.15) is 11.1 Å². The fourth-order valence-corrected chi connectivity index (χ4v) is 3.22. The molecule has 11 heteroatoms. The van der Waals surface area contributed by atoms with Crippen molar-refractivity contribution in [2.75, 3.05) is 18.3 Å². The molecule has 0 fully saturated rings. The SMILES string of the molecule is COc1cc(CNn2nnnc2N)ccc1OCc1ccc2c(c1)n(C)c(=O)n2C. The lowest BCUT2D eigenvalue weighted by molar-refractivity contribution is 0.284. The quantitative estimate of drug-likeness (QED) is 0.458. The van der Waals surface area contributed by atoms with Gasteiger partial charge in [-0.1, -0.05) is 17.2 Å². The third-order valence-electron chi connectivity index (χ3n) is 4.89. The Labute approximate surface area is 171 Å². The van der Waals surface area contributed by atoms with E-state index in [0.29, 0.717) is 24.7 Å². The minimum Gasteiger partial charge on any atom is -0.493 e. The zero-order valence-corrected chi connectivity index (χ0v) is 16.9. The summed E-state index contributed by atoms with van der Waals surface area (Å²) < 4.78 is 14.7. The van der Waals surface area contributed by atoms with Gasteiger partial charge in [0.2, 0.25) is 0 Å². The van der Waals surface area contributed by atoms with E-state index < -0.39 is 0 Å². The minimum absolute atomic E-state index is 0.0580. The zero-order valence-electron chi connectivity index (χ0n) is 16.9. The number of aromatic nitrogens is 6. The van der Waals surface area contributed by atoms with Crippen LogP contribution in [0.4, 0.5) is 5.95 Å². The fraction of sp³-hybridized carbons (Fsp3) is 0.263. The summed E-state index contributed by atoms with van der Waals surface area (Å²) in [4.78, 5) is 13.4. The Bertz CT molecular complexity index is 1260. The van der Waals surface area contributed by atoms with Crippen molar-refractivity contribution in [1.82, 2.24) is 29.5 Å². The van der Waals surface area contributed by atoms with Crippen LogP contribution in [0.25, 0.3) is 11.0 Å². The molecular formula is C19H22N8O3. The van der Waals surface area contributed by atoms with E-state index in [0.717, 1.165) is 22.2 Å². The standard InChI is InChI=1S/C19H22N8O3/c1-25-14-6-4-13(8-15(14)26(2)19(25)28)11-30-16-7-5-12(9-17(16)29-3)10-21-27-18(20)22-23-24-27/h4-9,21H,10-11H2,1-3H3,(H2,20,22,24). The normalized spacial score (nSPS) is 11.0. The molecule has 4 rings (SSSR count). The van der Waals surface area contributed by atoms with Crippen LogP contribution in [0.5, 0.6) is 11.5 Å². The molecule has 11 nitrogen and oxygen atoms in total. The Balaban J connectivity index is 1.48. The number of benzene rings is 2. The van der Waals surface area contributed by atoms with Gasteiger partial charge in [-0.05, 0) is 45.8 Å². The van der Waals surface area contributed by atoms with Gasteiger partial charge in [0.1, 0.15) is 6.61 Å². The Morgan fingerprint density at radius 2 is 1.80 bits per heavy atom. The molecule has 0 radical (unpaired) electrons. The van der Waals surface area contributed by atoms with Crippen molar-refractivity contribution in [2.24, 2.45) is 14.1 Å². The molecule has 2 heterocycles. The highest BCUT2D eigenvalue weighted by Gasteiger charge is 2.10. The third-order valence-corrected chi connectivity index (χ3v) is 4.89. The van der Waals surface area contributed by atoms with E-state index in [1.165, 1.54) is 4.79 Å². The third kappa shape index (κ3) is 3.52. The van der Waals surface area contributed by atoms with Gasteiger partial charge in [0.05, 0.1) is 24.7 Å². The van der Waals surface area contributed by atoms with Crippen LogP contribution in [0.3, 0.4) is 0 Å². The van der Waals surface area contributed by atoms with Crippen LogP contribution in [-0.4, -0.2) is 36.6 Å². The summed E-state index contributed by atoms with van der Waals surface area (Å²) in [5, 5.41) is 10.8. The summed E-state index contributed by atoms with van der Waals surface area (Å²) in [6.45, 7) is 0.790. The predicted molar refractivity (Wildman–Crippen MR) is 111 cm³/mol. The van der Waals surface area contributed by atoms with Gasteiger partial charge in [-0.15, -0.1) is 4.79 Å². The van der Waals surface area contributed by atoms with E-state index in [9.17, 15) is 4.79 Å². The van der Waals surface area contributed by atoms with Crippen LogP contribution >= 0.6 is 0 Å². The summed E-state index contributed by atoms with van der Waals surface area (Å²) in [6, 6.07) is 11.4. The number of hydrogen-bond donors (Lipinski definition) is 2. The van der Waals surface area contributed by atoms with E-state index in [-0.39, 0.29) is 11.6 Å². The summed E-state index contributed by atoms with van der Waals surface area (Å²) in [7, 11) is 5.11. The van der Waals surface area contributed by atoms with Crippen LogP contribution in [-0.2, 0) is 27.2 Å². The number of tetrazole rings is 1. The molecule has 0 saturated carbocycles. The number of anilines is 1. The van der Waals surface area contributed by atoms with Crippen LogP contribution in [0.15, 0.2) is 41.2 Å². The number of nitrogens with zero attached hydrogens (tertiary/aromatic N) is 6. The number of fused-ring (bicyclic) bond motifs is 1. The lowest BCUT2D eigenvalue weighted by Gasteiger charge is -2.13. The molecule has 3 N–H and O–H groups in total. The second-order valence-electron chi connectivity index (χ2n) is 6.78. The van der Waals surface area contributed by atoms with Crippen molar-refractivity contribution in [2.45, 2.75) is 13.2 Å². The first-order valence-electron chi connectivity index (χ1n) is 9.19. The van der Waals surface area contributed by atoms with Gasteiger partial charge in [0.15, 0.2) is 11.5 Å². The summed E-state index contributed by atoms with van der Waals surface area (Å²) >= 11 is 0. The van der Waals surface area contributed by atoms with Gasteiger partial charge in [0.25, 0.3) is 5.95 Å². The van der Waals surface area contributed by atoms with Gasteiger partial charge < -0.3 is 20.6 Å². The van der Waals surface area contributed by atoms with Gasteiger partial charge in [-0.25, -0.2) is 4.79 Å². The van der Waals surface area contributed by atoms with Crippen molar-refractivity contribution in [3.63, 3.8) is 0 Å².